The molecule has 1 aromatic rings. The van der Waals surface area contributed by atoms with E-state index in [1.165, 1.54) is 0 Å². The first-order chi connectivity index (χ1) is 11.9. The molecule has 2 rings (SSSR count). The van der Waals surface area contributed by atoms with E-state index in [2.05, 4.69) is 19.2 Å². The fraction of sp³-hybridized carbons (Fsp3) is 0.600. The first-order valence-corrected chi connectivity index (χ1v) is 9.24. The van der Waals surface area contributed by atoms with Gasteiger partial charge in [0.25, 0.3) is 0 Å². The minimum Gasteiger partial charge on any atom is -0.481 e. The van der Waals surface area contributed by atoms with Gasteiger partial charge in [0, 0.05) is 13.1 Å². The molecule has 25 heavy (non-hydrogen) atoms. The second kappa shape index (κ2) is 8.99. The maximum atomic E-state index is 12.8. The number of rotatable bonds is 7. The summed E-state index contributed by atoms with van der Waals surface area (Å²) in [6.45, 7) is 7.24. The number of amides is 1. The molecule has 0 saturated carbocycles. The van der Waals surface area contributed by atoms with Crippen LogP contribution in [0, 0.1) is 11.8 Å². The predicted molar refractivity (Wildman–Crippen MR) is 98.2 cm³/mol. The Bertz CT molecular complexity index is 576. The highest BCUT2D eigenvalue weighted by Gasteiger charge is 2.34. The van der Waals surface area contributed by atoms with Crippen LogP contribution >= 0.6 is 0 Å². The van der Waals surface area contributed by atoms with Crippen LogP contribution in [0.15, 0.2) is 30.3 Å². The van der Waals surface area contributed by atoms with Gasteiger partial charge in [-0.15, -0.1) is 0 Å². The Labute approximate surface area is 150 Å². The van der Waals surface area contributed by atoms with E-state index in [9.17, 15) is 14.7 Å². The fourth-order valence-corrected chi connectivity index (χ4v) is 3.64. The van der Waals surface area contributed by atoms with Gasteiger partial charge < -0.3 is 10.4 Å². The molecule has 1 aromatic carbocycles. The standard InChI is InChI=1S/C20H30N2O3/c1-4-8-18(16-9-6-5-7-10-16)21-19(23)15(3)22-12-14(2)11-17(13-22)20(24)25/h5-7,9-10,14-15,17-18H,4,8,11-13H2,1-3H3,(H,21,23)(H,24,25). The molecule has 5 nitrogen and oxygen atoms in total. The molecular weight excluding hydrogens is 316 g/mol. The Morgan fingerprint density at radius 3 is 2.56 bits per heavy atom. The highest BCUT2D eigenvalue weighted by Crippen LogP contribution is 2.24. The molecule has 5 heteroatoms. The van der Waals surface area contributed by atoms with E-state index in [-0.39, 0.29) is 29.8 Å². The van der Waals surface area contributed by atoms with Crippen LogP contribution in [0.5, 0.6) is 0 Å². The number of carboxylic acid groups (broad SMARTS) is 1. The normalized spacial score (nSPS) is 23.6. The third kappa shape index (κ3) is 5.30. The third-order valence-electron chi connectivity index (χ3n) is 5.06. The van der Waals surface area contributed by atoms with Crippen LogP contribution in [0.2, 0.25) is 0 Å². The van der Waals surface area contributed by atoms with Gasteiger partial charge in [-0.1, -0.05) is 50.6 Å². The van der Waals surface area contributed by atoms with Crippen LogP contribution < -0.4 is 5.32 Å². The van der Waals surface area contributed by atoms with Gasteiger partial charge in [-0.05, 0) is 31.2 Å². The lowest BCUT2D eigenvalue weighted by Crippen LogP contribution is -2.52. The van der Waals surface area contributed by atoms with E-state index in [0.717, 1.165) is 24.9 Å². The molecule has 1 saturated heterocycles. The molecule has 0 aromatic heterocycles. The number of benzene rings is 1. The van der Waals surface area contributed by atoms with Crippen LogP contribution in [-0.2, 0) is 9.59 Å². The molecule has 1 amide bonds. The summed E-state index contributed by atoms with van der Waals surface area (Å²) in [6.07, 6.45) is 2.55. The van der Waals surface area contributed by atoms with Crippen molar-refractivity contribution in [3.8, 4) is 0 Å². The SMILES string of the molecule is CCCC(NC(=O)C(C)N1CC(C)CC(C(=O)O)C1)c1ccccc1. The summed E-state index contributed by atoms with van der Waals surface area (Å²) < 4.78 is 0. The van der Waals surface area contributed by atoms with E-state index in [4.69, 9.17) is 0 Å². The Kier molecular flexibility index (Phi) is 7.00. The Hall–Kier alpha value is -1.88. The Balaban J connectivity index is 2.03. The number of carbonyl (C=O) groups excluding carboxylic acids is 1. The number of aliphatic carboxylic acids is 1. The lowest BCUT2D eigenvalue weighted by atomic mass is 9.89. The zero-order valence-corrected chi connectivity index (χ0v) is 15.4. The zero-order valence-electron chi connectivity index (χ0n) is 15.4. The molecule has 138 valence electrons. The minimum absolute atomic E-state index is 0.00126. The van der Waals surface area contributed by atoms with Crippen molar-refractivity contribution in [1.82, 2.24) is 10.2 Å². The van der Waals surface area contributed by atoms with Crippen LogP contribution in [0.25, 0.3) is 0 Å². The van der Waals surface area contributed by atoms with Gasteiger partial charge in [0.05, 0.1) is 18.0 Å². The molecular formula is C20H30N2O3. The van der Waals surface area contributed by atoms with Crippen LogP contribution in [-0.4, -0.2) is 41.0 Å². The first-order valence-electron chi connectivity index (χ1n) is 9.24. The summed E-state index contributed by atoms with van der Waals surface area (Å²) >= 11 is 0. The van der Waals surface area contributed by atoms with Gasteiger partial charge in [-0.2, -0.15) is 0 Å². The number of likely N-dealkylation sites (tertiary alicyclic amines) is 1. The van der Waals surface area contributed by atoms with E-state index in [1.54, 1.807) is 0 Å². The maximum Gasteiger partial charge on any atom is 0.307 e. The number of hydrogen-bond donors (Lipinski definition) is 2. The maximum absolute atomic E-state index is 12.8. The number of hydrogen-bond acceptors (Lipinski definition) is 3. The van der Waals surface area contributed by atoms with Gasteiger partial charge in [-0.3, -0.25) is 14.5 Å². The number of nitrogens with one attached hydrogen (secondary N) is 1. The molecule has 0 radical (unpaired) electrons. The summed E-state index contributed by atoms with van der Waals surface area (Å²) in [5, 5.41) is 12.5. The van der Waals surface area contributed by atoms with Gasteiger partial charge in [0.1, 0.15) is 0 Å². The lowest BCUT2D eigenvalue weighted by Gasteiger charge is -2.38. The molecule has 4 atom stereocenters. The summed E-state index contributed by atoms with van der Waals surface area (Å²) in [7, 11) is 0. The second-order valence-corrected chi connectivity index (χ2v) is 7.27. The predicted octanol–water partition coefficient (Wildman–Crippen LogP) is 3.08. The van der Waals surface area contributed by atoms with Crippen LogP contribution in [0.4, 0.5) is 0 Å². The van der Waals surface area contributed by atoms with Gasteiger partial charge in [-0.25, -0.2) is 0 Å². The minimum atomic E-state index is -0.766. The zero-order chi connectivity index (χ0) is 18.4. The largest absolute Gasteiger partial charge is 0.481 e. The smallest absolute Gasteiger partial charge is 0.307 e. The number of nitrogens with zero attached hydrogens (tertiary/aromatic N) is 1. The van der Waals surface area contributed by atoms with E-state index in [1.807, 2.05) is 42.2 Å². The topological polar surface area (TPSA) is 69.6 Å². The van der Waals surface area contributed by atoms with Crippen molar-refractivity contribution in [3.05, 3.63) is 35.9 Å². The Morgan fingerprint density at radius 1 is 1.28 bits per heavy atom. The van der Waals surface area contributed by atoms with E-state index in [0.29, 0.717) is 13.0 Å². The number of piperidine rings is 1. The fourth-order valence-electron chi connectivity index (χ4n) is 3.64. The number of carbonyl (C=O) groups is 2. The average Bonchev–Trinajstić information content (AvgIpc) is 2.60. The molecule has 0 bridgehead atoms. The highest BCUT2D eigenvalue weighted by molar-refractivity contribution is 5.82. The molecule has 0 spiro atoms. The lowest BCUT2D eigenvalue weighted by molar-refractivity contribution is -0.146. The molecule has 1 heterocycles. The summed E-state index contributed by atoms with van der Waals surface area (Å²) in [6, 6.07) is 9.68. The summed E-state index contributed by atoms with van der Waals surface area (Å²) in [5.74, 6) is -0.900. The van der Waals surface area contributed by atoms with Gasteiger partial charge >= 0.3 is 5.97 Å². The van der Waals surface area contributed by atoms with Gasteiger partial charge in [0.15, 0.2) is 0 Å². The molecule has 0 aliphatic carbocycles. The van der Waals surface area contributed by atoms with Crippen LogP contribution in [0.3, 0.4) is 0 Å². The quantitative estimate of drug-likeness (QED) is 0.796. The molecule has 2 N–H and O–H groups in total. The second-order valence-electron chi connectivity index (χ2n) is 7.27. The third-order valence-corrected chi connectivity index (χ3v) is 5.06. The van der Waals surface area contributed by atoms with E-state index >= 15 is 0 Å². The first kappa shape index (κ1) is 19.4. The van der Waals surface area contributed by atoms with Crippen LogP contribution in [0.1, 0.15) is 51.6 Å². The highest BCUT2D eigenvalue weighted by atomic mass is 16.4. The molecule has 1 aliphatic rings. The Morgan fingerprint density at radius 2 is 1.96 bits per heavy atom. The van der Waals surface area contributed by atoms with Gasteiger partial charge in [0.2, 0.25) is 5.91 Å². The van der Waals surface area contributed by atoms with Crippen molar-refractivity contribution >= 4 is 11.9 Å². The van der Waals surface area contributed by atoms with E-state index < -0.39 is 5.97 Å². The average molecular weight is 346 g/mol. The summed E-state index contributed by atoms with van der Waals surface area (Å²) in [5.41, 5.74) is 1.11. The number of carboxylic acids is 1. The van der Waals surface area contributed by atoms with Crippen molar-refractivity contribution in [2.75, 3.05) is 13.1 Å². The molecule has 1 aliphatic heterocycles. The van der Waals surface area contributed by atoms with Crippen molar-refractivity contribution in [1.29, 1.82) is 0 Å². The van der Waals surface area contributed by atoms with Crippen molar-refractivity contribution in [2.45, 2.75) is 52.1 Å². The van der Waals surface area contributed by atoms with Crippen molar-refractivity contribution in [3.63, 3.8) is 0 Å². The van der Waals surface area contributed by atoms with Crippen molar-refractivity contribution in [2.24, 2.45) is 11.8 Å². The molecule has 4 unspecified atom stereocenters. The molecule has 1 fully saturated rings. The monoisotopic (exact) mass is 346 g/mol. The summed E-state index contributed by atoms with van der Waals surface area (Å²) in [4.78, 5) is 26.2. The van der Waals surface area contributed by atoms with Crippen molar-refractivity contribution < 1.29 is 14.7 Å².